The third-order valence-corrected chi connectivity index (χ3v) is 6.97. The molecule has 176 valence electrons. The van der Waals surface area contributed by atoms with E-state index in [2.05, 4.69) is 0 Å². The molecule has 2 aromatic carbocycles. The summed E-state index contributed by atoms with van der Waals surface area (Å²) >= 11 is 1.55. The van der Waals surface area contributed by atoms with Crippen molar-refractivity contribution in [3.05, 3.63) is 68.3 Å². The van der Waals surface area contributed by atoms with Gasteiger partial charge in [-0.3, -0.25) is 15.1 Å². The van der Waals surface area contributed by atoms with Gasteiger partial charge in [-0.2, -0.15) is 5.10 Å². The van der Waals surface area contributed by atoms with Crippen LogP contribution < -0.4 is 14.3 Å². The van der Waals surface area contributed by atoms with Gasteiger partial charge in [0.2, 0.25) is 4.80 Å². The van der Waals surface area contributed by atoms with E-state index in [9.17, 15) is 10.1 Å². The van der Waals surface area contributed by atoms with Gasteiger partial charge in [-0.15, -0.1) is 11.3 Å². The van der Waals surface area contributed by atoms with Crippen molar-refractivity contribution in [2.24, 2.45) is 10.1 Å². The van der Waals surface area contributed by atoms with E-state index >= 15 is 0 Å². The number of hydrogen-bond donors (Lipinski definition) is 0. The number of nitro benzene ring substituents is 1. The monoisotopic (exact) mass is 478 g/mol. The first-order valence-electron chi connectivity index (χ1n) is 11.5. The van der Waals surface area contributed by atoms with Crippen LogP contribution in [0, 0.1) is 10.1 Å². The number of ether oxygens (including phenoxy) is 2. The van der Waals surface area contributed by atoms with Crippen LogP contribution in [0.5, 0.6) is 11.5 Å². The van der Waals surface area contributed by atoms with Gasteiger partial charge in [-0.25, -0.2) is 4.68 Å². The average molecular weight is 479 g/mol. The molecule has 2 heterocycles. The molecule has 0 spiro atoms. The minimum absolute atomic E-state index is 0.0635. The Bertz CT molecular complexity index is 1290. The molecule has 0 unspecified atom stereocenters. The molecule has 1 aromatic heterocycles. The topological polar surface area (TPSA) is 91.2 Å². The van der Waals surface area contributed by atoms with Crippen molar-refractivity contribution in [1.82, 2.24) is 4.68 Å². The lowest BCUT2D eigenvalue weighted by atomic mass is 9.96. The Hall–Kier alpha value is -3.46. The predicted molar refractivity (Wildman–Crippen MR) is 132 cm³/mol. The lowest BCUT2D eigenvalue weighted by Crippen LogP contribution is -2.20. The summed E-state index contributed by atoms with van der Waals surface area (Å²) in [5.41, 5.74) is 3.51. The van der Waals surface area contributed by atoms with Gasteiger partial charge in [0.05, 0.1) is 22.4 Å². The van der Waals surface area contributed by atoms with Gasteiger partial charge in [0.15, 0.2) is 11.5 Å². The standard InChI is InChI=1S/C25H26N4O4S/c1-17(19-9-12-23-24(15-19)33-14-13-32-23)27-28-22(18-7-10-21(11-8-18)29(30)31)16-34-25(28)26-20-5-3-2-4-6-20/h7-12,15-16,20H,2-6,13-14H2,1H3. The van der Waals surface area contributed by atoms with Gasteiger partial charge >= 0.3 is 0 Å². The third kappa shape index (κ3) is 4.75. The Balaban J connectivity index is 1.57. The van der Waals surface area contributed by atoms with E-state index in [-0.39, 0.29) is 10.6 Å². The molecule has 0 radical (unpaired) electrons. The number of thiazole rings is 1. The fourth-order valence-corrected chi connectivity index (χ4v) is 5.18. The predicted octanol–water partition coefficient (Wildman–Crippen LogP) is 5.40. The summed E-state index contributed by atoms with van der Waals surface area (Å²) in [4.78, 5) is 16.6. The minimum atomic E-state index is -0.389. The van der Waals surface area contributed by atoms with Crippen LogP contribution in [0.15, 0.2) is 57.9 Å². The second-order valence-electron chi connectivity index (χ2n) is 8.48. The van der Waals surface area contributed by atoms with Crippen LogP contribution in [0.1, 0.15) is 44.6 Å². The Kier molecular flexibility index (Phi) is 6.44. The molecule has 1 saturated carbocycles. The largest absolute Gasteiger partial charge is 0.486 e. The highest BCUT2D eigenvalue weighted by molar-refractivity contribution is 7.07. The highest BCUT2D eigenvalue weighted by Crippen LogP contribution is 2.31. The third-order valence-electron chi connectivity index (χ3n) is 6.14. The second-order valence-corrected chi connectivity index (χ2v) is 9.32. The van der Waals surface area contributed by atoms with Gasteiger partial charge in [-0.05, 0) is 50.1 Å². The Morgan fingerprint density at radius 3 is 2.53 bits per heavy atom. The van der Waals surface area contributed by atoms with Crippen molar-refractivity contribution in [3.63, 3.8) is 0 Å². The summed E-state index contributed by atoms with van der Waals surface area (Å²) in [7, 11) is 0. The summed E-state index contributed by atoms with van der Waals surface area (Å²) in [6, 6.07) is 12.7. The lowest BCUT2D eigenvalue weighted by Gasteiger charge is -2.19. The summed E-state index contributed by atoms with van der Waals surface area (Å²) in [6.07, 6.45) is 5.86. The average Bonchev–Trinajstić information content (AvgIpc) is 3.26. The molecule has 8 nitrogen and oxygen atoms in total. The molecule has 0 N–H and O–H groups in total. The first kappa shape index (κ1) is 22.3. The van der Waals surface area contributed by atoms with Crippen molar-refractivity contribution in [3.8, 4) is 22.8 Å². The highest BCUT2D eigenvalue weighted by Gasteiger charge is 2.16. The molecule has 0 amide bonds. The van der Waals surface area contributed by atoms with Crippen molar-refractivity contribution in [1.29, 1.82) is 0 Å². The van der Waals surface area contributed by atoms with Crippen LogP contribution in [0.2, 0.25) is 0 Å². The Labute approximate surface area is 201 Å². The molecule has 0 saturated heterocycles. The van der Waals surface area contributed by atoms with Crippen LogP contribution in [0.25, 0.3) is 11.3 Å². The normalized spacial score (nSPS) is 17.1. The van der Waals surface area contributed by atoms with Gasteiger partial charge in [0.1, 0.15) is 13.2 Å². The highest BCUT2D eigenvalue weighted by atomic mass is 32.1. The molecule has 1 aliphatic carbocycles. The molecule has 9 heteroatoms. The Morgan fingerprint density at radius 2 is 1.79 bits per heavy atom. The molecule has 1 aliphatic heterocycles. The molecule has 0 bridgehead atoms. The molecular weight excluding hydrogens is 452 g/mol. The summed E-state index contributed by atoms with van der Waals surface area (Å²) in [6.45, 7) is 3.04. The summed E-state index contributed by atoms with van der Waals surface area (Å²) in [5, 5.41) is 18.1. The Morgan fingerprint density at radius 1 is 1.06 bits per heavy atom. The second kappa shape index (κ2) is 9.80. The van der Waals surface area contributed by atoms with Crippen molar-refractivity contribution in [2.45, 2.75) is 45.1 Å². The maximum Gasteiger partial charge on any atom is 0.269 e. The van der Waals surface area contributed by atoms with Gasteiger partial charge in [-0.1, -0.05) is 19.3 Å². The van der Waals surface area contributed by atoms with E-state index in [1.165, 1.54) is 31.4 Å². The lowest BCUT2D eigenvalue weighted by molar-refractivity contribution is -0.384. The number of rotatable bonds is 5. The van der Waals surface area contributed by atoms with Gasteiger partial charge in [0, 0.05) is 28.6 Å². The van der Waals surface area contributed by atoms with E-state index in [0.29, 0.717) is 19.3 Å². The zero-order valence-corrected chi connectivity index (χ0v) is 19.8. The number of non-ortho nitro benzene ring substituents is 1. The maximum absolute atomic E-state index is 11.1. The number of nitrogens with zero attached hydrogens (tertiary/aromatic N) is 4. The van der Waals surface area contributed by atoms with Crippen molar-refractivity contribution >= 4 is 22.7 Å². The quantitative estimate of drug-likeness (QED) is 0.279. The molecule has 2 aliphatic rings. The van der Waals surface area contributed by atoms with E-state index in [0.717, 1.165) is 51.7 Å². The molecule has 5 rings (SSSR count). The number of benzene rings is 2. The fraction of sp³-hybridized carbons (Fsp3) is 0.360. The number of nitro groups is 1. The van der Waals surface area contributed by atoms with Crippen molar-refractivity contribution in [2.75, 3.05) is 13.2 Å². The van der Waals surface area contributed by atoms with Crippen LogP contribution >= 0.6 is 11.3 Å². The molecule has 1 fully saturated rings. The number of fused-ring (bicyclic) bond motifs is 1. The van der Waals surface area contributed by atoms with E-state index in [1.807, 2.05) is 35.2 Å². The smallest absolute Gasteiger partial charge is 0.269 e. The van der Waals surface area contributed by atoms with E-state index in [1.54, 1.807) is 23.5 Å². The minimum Gasteiger partial charge on any atom is -0.486 e. The number of aromatic nitrogens is 1. The zero-order chi connectivity index (χ0) is 23.5. The molecule has 34 heavy (non-hydrogen) atoms. The zero-order valence-electron chi connectivity index (χ0n) is 19.0. The van der Waals surface area contributed by atoms with Gasteiger partial charge < -0.3 is 9.47 Å². The van der Waals surface area contributed by atoms with E-state index < -0.39 is 0 Å². The van der Waals surface area contributed by atoms with Crippen LogP contribution in [-0.2, 0) is 0 Å². The van der Waals surface area contributed by atoms with Crippen LogP contribution in [0.3, 0.4) is 0 Å². The first-order chi connectivity index (χ1) is 16.6. The molecular formula is C25H26N4O4S. The van der Waals surface area contributed by atoms with Crippen molar-refractivity contribution < 1.29 is 14.4 Å². The van der Waals surface area contributed by atoms with E-state index in [4.69, 9.17) is 19.6 Å². The SMILES string of the molecule is CC(=Nn1c(-c2ccc([N+](=O)[O-])cc2)csc1=NC1CCCCC1)c1ccc2c(c1)OCCO2. The van der Waals surface area contributed by atoms with Gasteiger partial charge in [0.25, 0.3) is 5.69 Å². The van der Waals surface area contributed by atoms with Crippen LogP contribution in [-0.4, -0.2) is 34.6 Å². The summed E-state index contributed by atoms with van der Waals surface area (Å²) in [5.74, 6) is 1.46. The van der Waals surface area contributed by atoms with Crippen LogP contribution in [0.4, 0.5) is 5.69 Å². The number of hydrogen-bond acceptors (Lipinski definition) is 7. The fourth-order valence-electron chi connectivity index (χ4n) is 4.28. The molecule has 0 atom stereocenters. The maximum atomic E-state index is 11.1. The summed E-state index contributed by atoms with van der Waals surface area (Å²) < 4.78 is 13.2. The first-order valence-corrected chi connectivity index (χ1v) is 12.4. The molecule has 3 aromatic rings.